The normalized spacial score (nSPS) is 22.2. The Morgan fingerprint density at radius 1 is 1.50 bits per heavy atom. The van der Waals surface area contributed by atoms with Crippen molar-refractivity contribution in [3.8, 4) is 0 Å². The maximum absolute atomic E-state index is 11.0. The summed E-state index contributed by atoms with van der Waals surface area (Å²) in [7, 11) is 0. The molecule has 1 aromatic rings. The molecule has 0 bridgehead atoms. The highest BCUT2D eigenvalue weighted by Gasteiger charge is 2.33. The van der Waals surface area contributed by atoms with Crippen molar-refractivity contribution in [3.63, 3.8) is 0 Å². The van der Waals surface area contributed by atoms with E-state index in [4.69, 9.17) is 4.74 Å². The SMILES string of the molecule is O=C1NC(=O)C(c2ccsc2)O1. The number of amides is 2. The molecular formula is C7H5NO3S. The van der Waals surface area contributed by atoms with Crippen molar-refractivity contribution < 1.29 is 14.3 Å². The van der Waals surface area contributed by atoms with Gasteiger partial charge in [-0.25, -0.2) is 4.79 Å². The monoisotopic (exact) mass is 183 g/mol. The maximum Gasteiger partial charge on any atom is 0.415 e. The first kappa shape index (κ1) is 7.30. The van der Waals surface area contributed by atoms with Gasteiger partial charge in [0, 0.05) is 5.56 Å². The Morgan fingerprint density at radius 2 is 2.33 bits per heavy atom. The van der Waals surface area contributed by atoms with Crippen molar-refractivity contribution in [1.29, 1.82) is 0 Å². The number of carbonyl (C=O) groups excluding carboxylic acids is 2. The summed E-state index contributed by atoms with van der Waals surface area (Å²) in [5.74, 6) is -0.390. The zero-order valence-corrected chi connectivity index (χ0v) is 6.76. The molecule has 2 amide bonds. The van der Waals surface area contributed by atoms with Crippen LogP contribution < -0.4 is 5.32 Å². The predicted molar refractivity (Wildman–Crippen MR) is 41.7 cm³/mol. The number of nitrogens with one attached hydrogen (secondary N) is 1. The van der Waals surface area contributed by atoms with E-state index < -0.39 is 18.1 Å². The third kappa shape index (κ3) is 1.08. The van der Waals surface area contributed by atoms with E-state index in [1.54, 1.807) is 11.4 Å². The fraction of sp³-hybridized carbons (Fsp3) is 0.143. The van der Waals surface area contributed by atoms with E-state index in [1.165, 1.54) is 11.3 Å². The van der Waals surface area contributed by atoms with Gasteiger partial charge in [0.2, 0.25) is 6.10 Å². The van der Waals surface area contributed by atoms with Gasteiger partial charge in [0.25, 0.3) is 5.91 Å². The van der Waals surface area contributed by atoms with Gasteiger partial charge in [-0.3, -0.25) is 10.1 Å². The van der Waals surface area contributed by atoms with Crippen LogP contribution >= 0.6 is 11.3 Å². The second-order valence-corrected chi connectivity index (χ2v) is 3.11. The van der Waals surface area contributed by atoms with E-state index >= 15 is 0 Å². The van der Waals surface area contributed by atoms with E-state index in [0.717, 1.165) is 5.56 Å². The maximum atomic E-state index is 11.0. The molecular weight excluding hydrogens is 178 g/mol. The van der Waals surface area contributed by atoms with Gasteiger partial charge in [0.1, 0.15) is 0 Å². The topological polar surface area (TPSA) is 55.4 Å². The third-order valence-corrected chi connectivity index (χ3v) is 2.24. The van der Waals surface area contributed by atoms with E-state index in [1.807, 2.05) is 5.38 Å². The van der Waals surface area contributed by atoms with Crippen LogP contribution in [0.3, 0.4) is 0 Å². The van der Waals surface area contributed by atoms with Crippen LogP contribution in [0.5, 0.6) is 0 Å². The average molecular weight is 183 g/mol. The van der Waals surface area contributed by atoms with Gasteiger partial charge in [-0.2, -0.15) is 11.3 Å². The van der Waals surface area contributed by atoms with Gasteiger partial charge in [-0.1, -0.05) is 0 Å². The molecule has 62 valence electrons. The Labute approximate surface area is 72.1 Å². The van der Waals surface area contributed by atoms with Gasteiger partial charge in [-0.15, -0.1) is 0 Å². The summed E-state index contributed by atoms with van der Waals surface area (Å²) in [4.78, 5) is 21.6. The van der Waals surface area contributed by atoms with Crippen LogP contribution in [0.1, 0.15) is 11.7 Å². The Balaban J connectivity index is 2.26. The standard InChI is InChI=1S/C7H5NO3S/c9-6-5(11-7(10)8-6)4-1-2-12-3-4/h1-3,5H,(H,8,9,10). The van der Waals surface area contributed by atoms with Gasteiger partial charge < -0.3 is 4.74 Å². The summed E-state index contributed by atoms with van der Waals surface area (Å²) in [6.07, 6.45) is -1.42. The quantitative estimate of drug-likeness (QED) is 0.708. The van der Waals surface area contributed by atoms with E-state index in [-0.39, 0.29) is 0 Å². The van der Waals surface area contributed by atoms with Crippen molar-refractivity contribution >= 4 is 23.3 Å². The van der Waals surface area contributed by atoms with Crippen LogP contribution in [-0.4, -0.2) is 12.0 Å². The average Bonchev–Trinajstić information content (AvgIpc) is 2.58. The first-order valence-corrected chi connectivity index (χ1v) is 4.25. The van der Waals surface area contributed by atoms with Crippen molar-refractivity contribution in [2.45, 2.75) is 6.10 Å². The number of ether oxygens (including phenoxy) is 1. The summed E-state index contributed by atoms with van der Waals surface area (Å²) in [6, 6.07) is 1.76. The Kier molecular flexibility index (Phi) is 1.58. The van der Waals surface area contributed by atoms with Gasteiger partial charge in [0.05, 0.1) is 0 Å². The molecule has 0 aliphatic carbocycles. The zero-order chi connectivity index (χ0) is 8.55. The summed E-state index contributed by atoms with van der Waals surface area (Å²) in [5.41, 5.74) is 0.725. The van der Waals surface area contributed by atoms with Crippen LogP contribution in [-0.2, 0) is 9.53 Å². The number of imide groups is 1. The smallest absolute Gasteiger partial charge is 0.415 e. The van der Waals surface area contributed by atoms with Crippen LogP contribution in [0.2, 0.25) is 0 Å². The van der Waals surface area contributed by atoms with Crippen LogP contribution in [0, 0.1) is 0 Å². The lowest BCUT2D eigenvalue weighted by molar-refractivity contribution is -0.123. The lowest BCUT2D eigenvalue weighted by Crippen LogP contribution is -2.20. The number of cyclic esters (lactones) is 1. The van der Waals surface area contributed by atoms with Crippen LogP contribution in [0.25, 0.3) is 0 Å². The minimum absolute atomic E-state index is 0.390. The van der Waals surface area contributed by atoms with E-state index in [9.17, 15) is 9.59 Å². The Morgan fingerprint density at radius 3 is 2.83 bits per heavy atom. The van der Waals surface area contributed by atoms with Crippen molar-refractivity contribution in [1.82, 2.24) is 5.32 Å². The van der Waals surface area contributed by atoms with Gasteiger partial charge in [-0.05, 0) is 16.8 Å². The second-order valence-electron chi connectivity index (χ2n) is 2.33. The molecule has 4 nitrogen and oxygen atoms in total. The molecule has 5 heteroatoms. The summed E-state index contributed by atoms with van der Waals surface area (Å²) in [5, 5.41) is 5.67. The van der Waals surface area contributed by atoms with Gasteiger partial charge >= 0.3 is 6.09 Å². The lowest BCUT2D eigenvalue weighted by atomic mass is 10.2. The molecule has 0 saturated carbocycles. The highest BCUT2D eigenvalue weighted by atomic mass is 32.1. The van der Waals surface area contributed by atoms with E-state index in [2.05, 4.69) is 5.32 Å². The van der Waals surface area contributed by atoms with Crippen LogP contribution in [0.15, 0.2) is 16.8 Å². The second kappa shape index (κ2) is 2.60. The molecule has 1 saturated heterocycles. The van der Waals surface area contributed by atoms with Crippen molar-refractivity contribution in [2.75, 3.05) is 0 Å². The molecule has 1 aliphatic heterocycles. The zero-order valence-electron chi connectivity index (χ0n) is 5.94. The highest BCUT2D eigenvalue weighted by molar-refractivity contribution is 7.08. The molecule has 12 heavy (non-hydrogen) atoms. The predicted octanol–water partition coefficient (Wildman–Crippen LogP) is 1.06. The Hall–Kier alpha value is -1.36. The summed E-state index contributed by atoms with van der Waals surface area (Å²) >= 11 is 1.46. The van der Waals surface area contributed by atoms with Crippen molar-refractivity contribution in [3.05, 3.63) is 22.4 Å². The molecule has 2 heterocycles. The number of hydrogen-bond donors (Lipinski definition) is 1. The number of rotatable bonds is 1. The number of alkyl carbamates (subject to hydrolysis) is 1. The number of carbonyl (C=O) groups is 2. The molecule has 1 unspecified atom stereocenters. The van der Waals surface area contributed by atoms with Gasteiger partial charge in [0.15, 0.2) is 0 Å². The molecule has 1 aliphatic rings. The Bertz CT molecular complexity index is 319. The van der Waals surface area contributed by atoms with Crippen LogP contribution in [0.4, 0.5) is 4.79 Å². The first-order valence-electron chi connectivity index (χ1n) is 3.31. The molecule has 2 rings (SSSR count). The molecule has 0 aromatic carbocycles. The fourth-order valence-corrected chi connectivity index (χ4v) is 1.67. The fourth-order valence-electron chi connectivity index (χ4n) is 1.000. The van der Waals surface area contributed by atoms with Crippen molar-refractivity contribution in [2.24, 2.45) is 0 Å². The minimum Gasteiger partial charge on any atom is -0.431 e. The molecule has 0 spiro atoms. The molecule has 1 aromatic heterocycles. The largest absolute Gasteiger partial charge is 0.431 e. The first-order chi connectivity index (χ1) is 5.77. The highest BCUT2D eigenvalue weighted by Crippen LogP contribution is 2.23. The number of hydrogen-bond acceptors (Lipinski definition) is 4. The molecule has 0 radical (unpaired) electrons. The van der Waals surface area contributed by atoms with E-state index in [0.29, 0.717) is 0 Å². The number of thiophene rings is 1. The molecule has 1 atom stereocenters. The minimum atomic E-state index is -0.747. The lowest BCUT2D eigenvalue weighted by Gasteiger charge is -2.00. The third-order valence-electron chi connectivity index (χ3n) is 1.53. The molecule has 1 N–H and O–H groups in total. The summed E-state index contributed by atoms with van der Waals surface area (Å²) < 4.78 is 4.73. The summed E-state index contributed by atoms with van der Waals surface area (Å²) in [6.45, 7) is 0. The molecule has 1 fully saturated rings.